The molecule has 2 N–H and O–H groups in total. The second-order valence-electron chi connectivity index (χ2n) is 4.71. The highest BCUT2D eigenvalue weighted by molar-refractivity contribution is 5.19. The number of rotatable bonds is 5. The zero-order valence-electron chi connectivity index (χ0n) is 9.82. The van der Waals surface area contributed by atoms with E-state index in [1.807, 2.05) is 0 Å². The highest BCUT2D eigenvalue weighted by Crippen LogP contribution is 2.19. The van der Waals surface area contributed by atoms with Crippen LogP contribution in [0.4, 0.5) is 6.01 Å². The smallest absolute Gasteiger partial charge is 0.315 e. The van der Waals surface area contributed by atoms with Gasteiger partial charge in [0.05, 0.1) is 19.2 Å². The molecule has 17 heavy (non-hydrogen) atoms. The first-order valence-corrected chi connectivity index (χ1v) is 6.30. The van der Waals surface area contributed by atoms with Gasteiger partial charge in [-0.15, -0.1) is 5.10 Å². The molecule has 0 aromatic carbocycles. The molecule has 1 unspecified atom stereocenters. The number of hydrogen-bond donors (Lipinski definition) is 2. The molecule has 94 valence electrons. The van der Waals surface area contributed by atoms with Crippen molar-refractivity contribution >= 4 is 6.01 Å². The predicted molar refractivity (Wildman–Crippen MR) is 61.6 cm³/mol. The van der Waals surface area contributed by atoms with Crippen LogP contribution in [-0.2, 0) is 11.3 Å². The van der Waals surface area contributed by atoms with Gasteiger partial charge in [-0.25, -0.2) is 0 Å². The summed E-state index contributed by atoms with van der Waals surface area (Å²) in [5, 5.41) is 14.5. The lowest BCUT2D eigenvalue weighted by Crippen LogP contribution is -2.30. The lowest BCUT2D eigenvalue weighted by molar-refractivity contribution is 0.0868. The molecule has 0 radical (unpaired) electrons. The highest BCUT2D eigenvalue weighted by Gasteiger charge is 2.21. The zero-order valence-corrected chi connectivity index (χ0v) is 9.82. The van der Waals surface area contributed by atoms with Crippen molar-refractivity contribution in [2.45, 2.75) is 44.3 Å². The molecule has 6 nitrogen and oxygen atoms in total. The first-order chi connectivity index (χ1) is 8.40. The Kier molecular flexibility index (Phi) is 3.24. The van der Waals surface area contributed by atoms with E-state index in [9.17, 15) is 0 Å². The molecular formula is C11H18N4O2. The van der Waals surface area contributed by atoms with E-state index >= 15 is 0 Å². The molecule has 1 aliphatic carbocycles. The standard InChI is InChI=1S/C11H18N4O2/c1-2-9(7-16-5-1)13-11-15-14-10(17-11)6-12-8-3-4-8/h8-9,12H,1-7H2,(H,13,15). The van der Waals surface area contributed by atoms with Gasteiger partial charge in [0.1, 0.15) is 0 Å². The van der Waals surface area contributed by atoms with Gasteiger partial charge in [-0.05, 0) is 25.7 Å². The summed E-state index contributed by atoms with van der Waals surface area (Å²) in [5.41, 5.74) is 0. The first-order valence-electron chi connectivity index (χ1n) is 6.30. The van der Waals surface area contributed by atoms with Gasteiger partial charge in [-0.3, -0.25) is 0 Å². The molecule has 1 saturated carbocycles. The maximum absolute atomic E-state index is 5.51. The fourth-order valence-corrected chi connectivity index (χ4v) is 1.93. The number of ether oxygens (including phenoxy) is 1. The summed E-state index contributed by atoms with van der Waals surface area (Å²) in [6.45, 7) is 2.25. The van der Waals surface area contributed by atoms with Crippen molar-refractivity contribution in [2.24, 2.45) is 0 Å². The Morgan fingerprint density at radius 2 is 2.12 bits per heavy atom. The van der Waals surface area contributed by atoms with Gasteiger partial charge in [0.15, 0.2) is 0 Å². The Hall–Kier alpha value is -1.14. The van der Waals surface area contributed by atoms with Gasteiger partial charge in [0, 0.05) is 12.6 Å². The van der Waals surface area contributed by atoms with Crippen LogP contribution in [0.1, 0.15) is 31.6 Å². The Balaban J connectivity index is 1.48. The zero-order chi connectivity index (χ0) is 11.5. The van der Waals surface area contributed by atoms with Crippen molar-refractivity contribution in [1.82, 2.24) is 15.5 Å². The Morgan fingerprint density at radius 1 is 1.18 bits per heavy atom. The summed E-state index contributed by atoms with van der Waals surface area (Å²) in [6.07, 6.45) is 4.71. The van der Waals surface area contributed by atoms with E-state index in [4.69, 9.17) is 9.15 Å². The number of anilines is 1. The van der Waals surface area contributed by atoms with Crippen LogP contribution in [0.3, 0.4) is 0 Å². The molecule has 1 saturated heterocycles. The van der Waals surface area contributed by atoms with Gasteiger partial charge >= 0.3 is 6.01 Å². The summed E-state index contributed by atoms with van der Waals surface area (Å²) in [7, 11) is 0. The minimum atomic E-state index is 0.299. The molecule has 1 aromatic heterocycles. The van der Waals surface area contributed by atoms with E-state index in [2.05, 4.69) is 20.8 Å². The predicted octanol–water partition coefficient (Wildman–Crippen LogP) is 0.912. The van der Waals surface area contributed by atoms with Crippen molar-refractivity contribution in [3.05, 3.63) is 5.89 Å². The van der Waals surface area contributed by atoms with Gasteiger partial charge in [0.25, 0.3) is 0 Å². The number of nitrogens with zero attached hydrogens (tertiary/aromatic N) is 2. The van der Waals surface area contributed by atoms with Crippen LogP contribution >= 0.6 is 0 Å². The van der Waals surface area contributed by atoms with Crippen LogP contribution in [0.25, 0.3) is 0 Å². The molecule has 3 rings (SSSR count). The minimum Gasteiger partial charge on any atom is -0.407 e. The first kappa shape index (κ1) is 11.0. The van der Waals surface area contributed by atoms with Crippen LogP contribution < -0.4 is 10.6 Å². The summed E-state index contributed by atoms with van der Waals surface area (Å²) >= 11 is 0. The van der Waals surface area contributed by atoms with Crippen molar-refractivity contribution in [3.63, 3.8) is 0 Å². The average Bonchev–Trinajstić information content (AvgIpc) is 3.09. The van der Waals surface area contributed by atoms with Crippen molar-refractivity contribution in [1.29, 1.82) is 0 Å². The lowest BCUT2D eigenvalue weighted by atomic mass is 10.1. The van der Waals surface area contributed by atoms with E-state index in [1.54, 1.807) is 0 Å². The van der Waals surface area contributed by atoms with Crippen molar-refractivity contribution in [2.75, 3.05) is 18.5 Å². The average molecular weight is 238 g/mol. The third-order valence-corrected chi connectivity index (χ3v) is 3.07. The fourth-order valence-electron chi connectivity index (χ4n) is 1.93. The summed E-state index contributed by atoms with van der Waals surface area (Å²) in [5.74, 6) is 0.649. The number of hydrogen-bond acceptors (Lipinski definition) is 6. The van der Waals surface area contributed by atoms with Gasteiger partial charge < -0.3 is 19.8 Å². The van der Waals surface area contributed by atoms with Gasteiger partial charge in [-0.1, -0.05) is 5.10 Å². The minimum absolute atomic E-state index is 0.299. The lowest BCUT2D eigenvalue weighted by Gasteiger charge is -2.21. The number of aromatic nitrogens is 2. The van der Waals surface area contributed by atoms with Crippen LogP contribution in [0.15, 0.2) is 4.42 Å². The van der Waals surface area contributed by atoms with Crippen LogP contribution in [-0.4, -0.2) is 35.5 Å². The summed E-state index contributed by atoms with van der Waals surface area (Å²) < 4.78 is 10.9. The quantitative estimate of drug-likeness (QED) is 0.794. The van der Waals surface area contributed by atoms with Crippen LogP contribution in [0.2, 0.25) is 0 Å². The maximum atomic E-state index is 5.51. The van der Waals surface area contributed by atoms with Crippen molar-refractivity contribution in [3.8, 4) is 0 Å². The van der Waals surface area contributed by atoms with E-state index in [-0.39, 0.29) is 0 Å². The third-order valence-electron chi connectivity index (χ3n) is 3.07. The van der Waals surface area contributed by atoms with Gasteiger partial charge in [-0.2, -0.15) is 0 Å². The second-order valence-corrected chi connectivity index (χ2v) is 4.71. The normalized spacial score (nSPS) is 24.8. The van der Waals surface area contributed by atoms with E-state index in [1.165, 1.54) is 12.8 Å². The SMILES string of the molecule is C1COCC(Nc2nnc(CNC3CC3)o2)C1. The molecule has 0 spiro atoms. The summed E-state index contributed by atoms with van der Waals surface area (Å²) in [6, 6.07) is 1.46. The number of nitrogens with one attached hydrogen (secondary N) is 2. The Bertz CT molecular complexity index is 358. The maximum Gasteiger partial charge on any atom is 0.315 e. The molecule has 2 fully saturated rings. The van der Waals surface area contributed by atoms with Crippen LogP contribution in [0.5, 0.6) is 0 Å². The van der Waals surface area contributed by atoms with E-state index in [0.717, 1.165) is 26.1 Å². The van der Waals surface area contributed by atoms with E-state index < -0.39 is 0 Å². The monoisotopic (exact) mass is 238 g/mol. The fraction of sp³-hybridized carbons (Fsp3) is 0.818. The second kappa shape index (κ2) is 5.01. The molecule has 2 heterocycles. The van der Waals surface area contributed by atoms with Gasteiger partial charge in [0.2, 0.25) is 5.89 Å². The van der Waals surface area contributed by atoms with Crippen molar-refractivity contribution < 1.29 is 9.15 Å². The Labute approximate surface area is 100 Å². The molecular weight excluding hydrogens is 220 g/mol. The van der Waals surface area contributed by atoms with Crippen LogP contribution in [0, 0.1) is 0 Å². The molecule has 0 amide bonds. The molecule has 6 heteroatoms. The highest BCUT2D eigenvalue weighted by atomic mass is 16.5. The van der Waals surface area contributed by atoms with E-state index in [0.29, 0.717) is 30.5 Å². The topological polar surface area (TPSA) is 72.2 Å². The molecule has 2 aliphatic rings. The molecule has 0 bridgehead atoms. The molecule has 1 atom stereocenters. The summed E-state index contributed by atoms with van der Waals surface area (Å²) in [4.78, 5) is 0. The largest absolute Gasteiger partial charge is 0.407 e. The third kappa shape index (κ3) is 3.17. The molecule has 1 aliphatic heterocycles. The molecule has 1 aromatic rings. The Morgan fingerprint density at radius 3 is 2.88 bits per heavy atom.